The zero-order valence-electron chi connectivity index (χ0n) is 13.8. The third-order valence-electron chi connectivity index (χ3n) is 4.99. The SMILES string of the molecule is COC1CCN(C(=O)c2cc3c(s2)CCCCC3)C(CN)C1.Cl. The molecule has 1 aliphatic heterocycles. The van der Waals surface area contributed by atoms with Crippen LogP contribution in [0.4, 0.5) is 0 Å². The third kappa shape index (κ3) is 4.08. The predicted octanol–water partition coefficient (Wildman–Crippen LogP) is 3.02. The summed E-state index contributed by atoms with van der Waals surface area (Å²) in [6, 6.07) is 2.25. The number of nitrogens with two attached hydrogens (primary N) is 1. The van der Waals surface area contributed by atoms with E-state index in [1.165, 1.54) is 29.7 Å². The van der Waals surface area contributed by atoms with Gasteiger partial charge < -0.3 is 15.4 Å². The van der Waals surface area contributed by atoms with Crippen LogP contribution in [-0.2, 0) is 17.6 Å². The lowest BCUT2D eigenvalue weighted by atomic mass is 9.99. The Morgan fingerprint density at radius 1 is 1.39 bits per heavy atom. The molecule has 0 radical (unpaired) electrons. The van der Waals surface area contributed by atoms with Crippen LogP contribution in [0.1, 0.15) is 52.2 Å². The number of aryl methyl sites for hydroxylation is 2. The van der Waals surface area contributed by atoms with Crippen LogP contribution < -0.4 is 5.73 Å². The summed E-state index contributed by atoms with van der Waals surface area (Å²) in [5, 5.41) is 0. The van der Waals surface area contributed by atoms with Crippen LogP contribution in [0.3, 0.4) is 0 Å². The van der Waals surface area contributed by atoms with E-state index in [0.717, 1.165) is 37.1 Å². The summed E-state index contributed by atoms with van der Waals surface area (Å²) in [5.41, 5.74) is 7.30. The van der Waals surface area contributed by atoms with Crippen LogP contribution in [-0.4, -0.2) is 43.2 Å². The van der Waals surface area contributed by atoms with Gasteiger partial charge >= 0.3 is 0 Å². The number of hydrogen-bond donors (Lipinski definition) is 1. The summed E-state index contributed by atoms with van der Waals surface area (Å²) < 4.78 is 5.45. The molecule has 1 aromatic heterocycles. The number of nitrogens with zero attached hydrogens (tertiary/aromatic N) is 1. The predicted molar refractivity (Wildman–Crippen MR) is 96.7 cm³/mol. The van der Waals surface area contributed by atoms with E-state index >= 15 is 0 Å². The van der Waals surface area contributed by atoms with Gasteiger partial charge in [0.2, 0.25) is 0 Å². The number of ether oxygens (including phenoxy) is 1. The number of amides is 1. The largest absolute Gasteiger partial charge is 0.381 e. The van der Waals surface area contributed by atoms with Gasteiger partial charge in [0.15, 0.2) is 0 Å². The van der Waals surface area contributed by atoms with E-state index in [9.17, 15) is 4.79 Å². The van der Waals surface area contributed by atoms with E-state index in [4.69, 9.17) is 10.5 Å². The fraction of sp³-hybridized carbons (Fsp3) is 0.706. The quantitative estimate of drug-likeness (QED) is 0.845. The first-order valence-corrected chi connectivity index (χ1v) is 9.20. The monoisotopic (exact) mass is 358 g/mol. The fourth-order valence-electron chi connectivity index (χ4n) is 3.63. The van der Waals surface area contributed by atoms with E-state index in [1.807, 2.05) is 4.90 Å². The van der Waals surface area contributed by atoms with E-state index in [0.29, 0.717) is 6.54 Å². The Morgan fingerprint density at radius 3 is 2.91 bits per heavy atom. The van der Waals surface area contributed by atoms with Crippen LogP contribution in [0.15, 0.2) is 6.07 Å². The maximum absolute atomic E-state index is 12.9. The highest BCUT2D eigenvalue weighted by atomic mass is 35.5. The molecular weight excluding hydrogens is 332 g/mol. The molecule has 1 saturated heterocycles. The number of rotatable bonds is 3. The van der Waals surface area contributed by atoms with Crippen molar-refractivity contribution in [3.63, 3.8) is 0 Å². The van der Waals surface area contributed by atoms with E-state index in [1.54, 1.807) is 18.4 Å². The molecule has 1 fully saturated rings. The van der Waals surface area contributed by atoms with E-state index < -0.39 is 0 Å². The average Bonchev–Trinajstić information content (AvgIpc) is 2.84. The van der Waals surface area contributed by atoms with Crippen molar-refractivity contribution in [1.29, 1.82) is 0 Å². The van der Waals surface area contributed by atoms with Gasteiger partial charge in [0.25, 0.3) is 5.91 Å². The van der Waals surface area contributed by atoms with Gasteiger partial charge in [-0.2, -0.15) is 0 Å². The summed E-state index contributed by atoms with van der Waals surface area (Å²) in [4.78, 5) is 17.2. The molecule has 2 atom stereocenters. The smallest absolute Gasteiger partial charge is 0.264 e. The molecule has 3 rings (SSSR count). The standard InChI is InChI=1S/C17H26N2O2S.ClH/c1-21-14-7-8-19(13(10-14)11-18)17(20)16-9-12-5-3-2-4-6-15(12)22-16;/h9,13-14H,2-8,10-11,18H2,1H3;1H. The molecule has 0 bridgehead atoms. The van der Waals surface area contributed by atoms with Crippen molar-refractivity contribution in [2.45, 2.75) is 57.1 Å². The van der Waals surface area contributed by atoms with Crippen molar-refractivity contribution < 1.29 is 9.53 Å². The molecule has 1 aromatic rings. The summed E-state index contributed by atoms with van der Waals surface area (Å²) in [6.45, 7) is 1.26. The van der Waals surface area contributed by atoms with Crippen molar-refractivity contribution in [3.8, 4) is 0 Å². The number of thiophene rings is 1. The van der Waals surface area contributed by atoms with Crippen LogP contribution in [0.5, 0.6) is 0 Å². The first kappa shape index (κ1) is 18.7. The normalized spacial score (nSPS) is 24.5. The minimum atomic E-state index is 0. The van der Waals surface area contributed by atoms with Gasteiger partial charge in [-0.1, -0.05) is 6.42 Å². The van der Waals surface area contributed by atoms with E-state index in [2.05, 4.69) is 6.07 Å². The second-order valence-corrected chi connectivity index (χ2v) is 7.53. The molecule has 0 aromatic carbocycles. The average molecular weight is 359 g/mol. The number of likely N-dealkylation sites (tertiary alicyclic amines) is 1. The maximum Gasteiger partial charge on any atom is 0.264 e. The second kappa shape index (κ2) is 8.47. The van der Waals surface area contributed by atoms with Gasteiger partial charge in [0.05, 0.1) is 11.0 Å². The lowest BCUT2D eigenvalue weighted by Crippen LogP contribution is -2.51. The first-order valence-electron chi connectivity index (χ1n) is 8.38. The summed E-state index contributed by atoms with van der Waals surface area (Å²) in [5.74, 6) is 0.170. The van der Waals surface area contributed by atoms with Crippen LogP contribution in [0, 0.1) is 0 Å². The topological polar surface area (TPSA) is 55.6 Å². The second-order valence-electron chi connectivity index (χ2n) is 6.39. The van der Waals surface area contributed by atoms with Crippen molar-refractivity contribution in [2.24, 2.45) is 5.73 Å². The number of halogens is 1. The van der Waals surface area contributed by atoms with Gasteiger partial charge in [-0.3, -0.25) is 4.79 Å². The van der Waals surface area contributed by atoms with Crippen LogP contribution >= 0.6 is 23.7 Å². The minimum Gasteiger partial charge on any atom is -0.381 e. The Bertz CT molecular complexity index is 511. The Labute approximate surface area is 148 Å². The molecule has 4 nitrogen and oxygen atoms in total. The highest BCUT2D eigenvalue weighted by Gasteiger charge is 2.32. The molecule has 2 N–H and O–H groups in total. The molecule has 1 aliphatic carbocycles. The van der Waals surface area contributed by atoms with E-state index in [-0.39, 0.29) is 30.5 Å². The molecular formula is C17H27ClN2O2S. The molecule has 2 unspecified atom stereocenters. The van der Waals surface area contributed by atoms with Crippen LogP contribution in [0.25, 0.3) is 0 Å². The number of carbonyl (C=O) groups is 1. The van der Waals surface area contributed by atoms with Crippen molar-refractivity contribution in [3.05, 3.63) is 21.4 Å². The molecule has 23 heavy (non-hydrogen) atoms. The number of carbonyl (C=O) groups excluding carboxylic acids is 1. The summed E-state index contributed by atoms with van der Waals surface area (Å²) >= 11 is 1.71. The highest BCUT2D eigenvalue weighted by Crippen LogP contribution is 2.31. The lowest BCUT2D eigenvalue weighted by molar-refractivity contribution is 0.0141. The van der Waals surface area contributed by atoms with Gasteiger partial charge in [-0.15, -0.1) is 23.7 Å². The number of methoxy groups -OCH3 is 1. The number of fused-ring (bicyclic) bond motifs is 1. The maximum atomic E-state index is 12.9. The Kier molecular flexibility index (Phi) is 6.89. The molecule has 2 heterocycles. The third-order valence-corrected chi connectivity index (χ3v) is 6.22. The van der Waals surface area contributed by atoms with Crippen LogP contribution in [0.2, 0.25) is 0 Å². The molecule has 6 heteroatoms. The molecule has 0 spiro atoms. The molecule has 130 valence electrons. The molecule has 2 aliphatic rings. The zero-order valence-corrected chi connectivity index (χ0v) is 15.4. The zero-order chi connectivity index (χ0) is 15.5. The van der Waals surface area contributed by atoms with Crippen molar-refractivity contribution in [2.75, 3.05) is 20.2 Å². The Morgan fingerprint density at radius 2 is 2.17 bits per heavy atom. The summed E-state index contributed by atoms with van der Waals surface area (Å²) in [6.07, 6.45) is 8.08. The van der Waals surface area contributed by atoms with Gasteiger partial charge in [-0.25, -0.2) is 0 Å². The Hall–Kier alpha value is -0.620. The number of hydrogen-bond acceptors (Lipinski definition) is 4. The minimum absolute atomic E-state index is 0. The Balaban J connectivity index is 0.00000192. The van der Waals surface area contributed by atoms with Gasteiger partial charge in [0, 0.05) is 31.1 Å². The highest BCUT2D eigenvalue weighted by molar-refractivity contribution is 7.14. The summed E-state index contributed by atoms with van der Waals surface area (Å²) in [7, 11) is 1.74. The first-order chi connectivity index (χ1) is 10.7. The van der Waals surface area contributed by atoms with Crippen molar-refractivity contribution in [1.82, 2.24) is 4.90 Å². The van der Waals surface area contributed by atoms with Gasteiger partial charge in [-0.05, 0) is 50.2 Å². The van der Waals surface area contributed by atoms with Gasteiger partial charge in [0.1, 0.15) is 0 Å². The molecule has 0 saturated carbocycles. The lowest BCUT2D eigenvalue weighted by Gasteiger charge is -2.38. The number of piperidine rings is 1. The fourth-order valence-corrected chi connectivity index (χ4v) is 4.84. The van der Waals surface area contributed by atoms with Crippen molar-refractivity contribution >= 4 is 29.7 Å². The molecule has 1 amide bonds.